The van der Waals surface area contributed by atoms with Crippen LogP contribution in [0.4, 0.5) is 21.3 Å². The van der Waals surface area contributed by atoms with Crippen LogP contribution in [0.1, 0.15) is 16.1 Å². The van der Waals surface area contributed by atoms with Crippen LogP contribution < -0.4 is 20.3 Å². The van der Waals surface area contributed by atoms with Gasteiger partial charge >= 0.3 is 6.03 Å². The van der Waals surface area contributed by atoms with Crippen molar-refractivity contribution in [2.24, 2.45) is 0 Å². The summed E-state index contributed by atoms with van der Waals surface area (Å²) in [5.41, 5.74) is 3.28. The zero-order valence-electron chi connectivity index (χ0n) is 16.1. The number of carbonyl (C=O) groups excluding carboxylic acids is 2. The van der Waals surface area contributed by atoms with Gasteiger partial charge in [-0.25, -0.2) is 9.78 Å². The summed E-state index contributed by atoms with van der Waals surface area (Å²) in [6, 6.07) is 14.9. The van der Waals surface area contributed by atoms with Crippen molar-refractivity contribution in [1.29, 1.82) is 0 Å². The van der Waals surface area contributed by atoms with Crippen LogP contribution in [0.5, 0.6) is 5.75 Å². The Morgan fingerprint density at radius 2 is 2.00 bits per heavy atom. The summed E-state index contributed by atoms with van der Waals surface area (Å²) in [4.78, 5) is 31.3. The number of anilines is 3. The van der Waals surface area contributed by atoms with Crippen LogP contribution in [0.2, 0.25) is 0 Å². The molecule has 0 spiro atoms. The summed E-state index contributed by atoms with van der Waals surface area (Å²) in [6.07, 6.45) is 0.777. The number of urea groups is 1. The number of ether oxygens (including phenoxy) is 1. The van der Waals surface area contributed by atoms with E-state index < -0.39 is 6.03 Å². The fraction of sp³-hybridized carbons (Fsp3) is 0.190. The Kier molecular flexibility index (Phi) is 5.18. The van der Waals surface area contributed by atoms with Crippen LogP contribution in [0.25, 0.3) is 0 Å². The lowest BCUT2D eigenvalue weighted by Gasteiger charge is -2.26. The number of carbonyl (C=O) groups is 2. The predicted molar refractivity (Wildman–Crippen MR) is 114 cm³/mol. The SMILES string of the molecule is Cc1nc(NC(=O)Nc2ccc3c(c2)N(C)C(=O)CO3)sc1Cc1ccccc1. The number of hydrogen-bond acceptors (Lipinski definition) is 5. The summed E-state index contributed by atoms with van der Waals surface area (Å²) in [6.45, 7) is 1.96. The average molecular weight is 408 g/mol. The van der Waals surface area contributed by atoms with E-state index in [-0.39, 0.29) is 12.5 Å². The summed E-state index contributed by atoms with van der Waals surface area (Å²) < 4.78 is 5.40. The van der Waals surface area contributed by atoms with Crippen molar-refractivity contribution in [3.05, 3.63) is 64.7 Å². The van der Waals surface area contributed by atoms with Gasteiger partial charge in [0, 0.05) is 24.0 Å². The maximum Gasteiger partial charge on any atom is 0.325 e. The molecule has 0 saturated carbocycles. The number of thiazole rings is 1. The Hall–Kier alpha value is -3.39. The molecule has 7 nitrogen and oxygen atoms in total. The predicted octanol–water partition coefficient (Wildman–Crippen LogP) is 4.04. The number of rotatable bonds is 4. The van der Waals surface area contributed by atoms with Gasteiger partial charge in [0.05, 0.1) is 11.4 Å². The molecule has 29 heavy (non-hydrogen) atoms. The van der Waals surface area contributed by atoms with Gasteiger partial charge in [-0.1, -0.05) is 30.3 Å². The lowest BCUT2D eigenvalue weighted by molar-refractivity contribution is -0.120. The lowest BCUT2D eigenvalue weighted by atomic mass is 10.1. The summed E-state index contributed by atoms with van der Waals surface area (Å²) >= 11 is 1.46. The van der Waals surface area contributed by atoms with Crippen LogP contribution in [0.15, 0.2) is 48.5 Å². The van der Waals surface area contributed by atoms with E-state index in [2.05, 4.69) is 27.8 Å². The topological polar surface area (TPSA) is 83.6 Å². The molecule has 0 aliphatic carbocycles. The van der Waals surface area contributed by atoms with E-state index in [4.69, 9.17) is 4.74 Å². The Morgan fingerprint density at radius 1 is 1.21 bits per heavy atom. The minimum Gasteiger partial charge on any atom is -0.482 e. The van der Waals surface area contributed by atoms with E-state index in [0.717, 1.165) is 17.0 Å². The number of aryl methyl sites for hydroxylation is 1. The first-order valence-corrected chi connectivity index (χ1v) is 9.93. The molecule has 0 atom stereocenters. The molecule has 4 rings (SSSR count). The Bertz CT molecular complexity index is 1070. The summed E-state index contributed by atoms with van der Waals surface area (Å²) in [5.74, 6) is 0.475. The number of aromatic nitrogens is 1. The molecule has 0 fully saturated rings. The van der Waals surface area contributed by atoms with Gasteiger partial charge in [-0.05, 0) is 30.7 Å². The fourth-order valence-electron chi connectivity index (χ4n) is 3.04. The number of benzene rings is 2. The third kappa shape index (κ3) is 4.22. The highest BCUT2D eigenvalue weighted by molar-refractivity contribution is 7.15. The maximum atomic E-state index is 12.4. The first-order valence-electron chi connectivity index (χ1n) is 9.11. The van der Waals surface area contributed by atoms with Crippen LogP contribution in [0, 0.1) is 6.92 Å². The van der Waals surface area contributed by atoms with E-state index in [1.807, 2.05) is 25.1 Å². The molecule has 3 aromatic rings. The molecule has 2 aromatic carbocycles. The number of nitrogens with one attached hydrogen (secondary N) is 2. The third-order valence-corrected chi connectivity index (χ3v) is 5.70. The van der Waals surface area contributed by atoms with Crippen molar-refractivity contribution in [2.75, 3.05) is 29.2 Å². The maximum absolute atomic E-state index is 12.4. The molecular formula is C21H20N4O3S. The number of amides is 3. The smallest absolute Gasteiger partial charge is 0.325 e. The minimum absolute atomic E-state index is 0.0193. The van der Waals surface area contributed by atoms with Crippen LogP contribution >= 0.6 is 11.3 Å². The van der Waals surface area contributed by atoms with Crippen molar-refractivity contribution in [1.82, 2.24) is 4.98 Å². The van der Waals surface area contributed by atoms with Crippen LogP contribution in [0.3, 0.4) is 0 Å². The van der Waals surface area contributed by atoms with E-state index in [0.29, 0.717) is 22.3 Å². The van der Waals surface area contributed by atoms with Crippen molar-refractivity contribution < 1.29 is 14.3 Å². The molecule has 0 unspecified atom stereocenters. The van der Waals surface area contributed by atoms with Crippen LogP contribution in [-0.4, -0.2) is 30.6 Å². The largest absolute Gasteiger partial charge is 0.482 e. The third-order valence-electron chi connectivity index (χ3n) is 4.62. The number of likely N-dealkylation sites (N-methyl/N-ethyl adjacent to an activating group) is 1. The highest BCUT2D eigenvalue weighted by atomic mass is 32.1. The molecule has 0 saturated heterocycles. The monoisotopic (exact) mass is 408 g/mol. The lowest BCUT2D eigenvalue weighted by Crippen LogP contribution is -2.35. The Morgan fingerprint density at radius 3 is 2.79 bits per heavy atom. The highest BCUT2D eigenvalue weighted by Crippen LogP contribution is 2.33. The first kappa shape index (κ1) is 18.9. The molecule has 1 aliphatic rings. The van der Waals surface area contributed by atoms with Crippen molar-refractivity contribution >= 4 is 39.8 Å². The first-order chi connectivity index (χ1) is 14.0. The summed E-state index contributed by atoms with van der Waals surface area (Å²) in [7, 11) is 1.68. The zero-order chi connectivity index (χ0) is 20.4. The van der Waals surface area contributed by atoms with Gasteiger partial charge in [-0.2, -0.15) is 0 Å². The zero-order valence-corrected chi connectivity index (χ0v) is 16.9. The summed E-state index contributed by atoms with van der Waals surface area (Å²) in [5, 5.41) is 6.10. The minimum atomic E-state index is -0.393. The molecule has 1 aromatic heterocycles. The molecular weight excluding hydrogens is 388 g/mol. The van der Waals surface area contributed by atoms with E-state index in [1.165, 1.54) is 21.8 Å². The van der Waals surface area contributed by atoms with E-state index >= 15 is 0 Å². The molecule has 1 aliphatic heterocycles. The second-order valence-electron chi connectivity index (χ2n) is 6.69. The van der Waals surface area contributed by atoms with Crippen molar-refractivity contribution in [2.45, 2.75) is 13.3 Å². The Balaban J connectivity index is 1.43. The van der Waals surface area contributed by atoms with Gasteiger partial charge in [0.15, 0.2) is 11.7 Å². The fourth-order valence-corrected chi connectivity index (χ4v) is 4.03. The van der Waals surface area contributed by atoms with Gasteiger partial charge < -0.3 is 15.0 Å². The van der Waals surface area contributed by atoms with Crippen molar-refractivity contribution in [3.63, 3.8) is 0 Å². The number of fused-ring (bicyclic) bond motifs is 1. The molecule has 8 heteroatoms. The quantitative estimate of drug-likeness (QED) is 0.682. The van der Waals surface area contributed by atoms with E-state index in [1.54, 1.807) is 25.2 Å². The molecule has 2 heterocycles. The number of nitrogens with zero attached hydrogens (tertiary/aromatic N) is 2. The van der Waals surface area contributed by atoms with Gasteiger partial charge in [0.1, 0.15) is 5.75 Å². The molecule has 0 bridgehead atoms. The standard InChI is InChI=1S/C21H20N4O3S/c1-13-18(10-14-6-4-3-5-7-14)29-21(22-13)24-20(27)23-15-8-9-17-16(11-15)25(2)19(26)12-28-17/h3-9,11H,10,12H2,1-2H3,(H2,22,23,24,27). The second-order valence-corrected chi connectivity index (χ2v) is 7.78. The van der Waals surface area contributed by atoms with Crippen molar-refractivity contribution in [3.8, 4) is 5.75 Å². The normalized spacial score (nSPS) is 12.9. The van der Waals surface area contributed by atoms with Gasteiger partial charge in [0.25, 0.3) is 5.91 Å². The van der Waals surface area contributed by atoms with Gasteiger partial charge in [-0.15, -0.1) is 11.3 Å². The molecule has 148 valence electrons. The highest BCUT2D eigenvalue weighted by Gasteiger charge is 2.22. The van der Waals surface area contributed by atoms with E-state index in [9.17, 15) is 9.59 Å². The number of hydrogen-bond donors (Lipinski definition) is 2. The van der Waals surface area contributed by atoms with Crippen LogP contribution in [-0.2, 0) is 11.2 Å². The molecule has 0 radical (unpaired) electrons. The van der Waals surface area contributed by atoms with Gasteiger partial charge in [-0.3, -0.25) is 10.1 Å². The average Bonchev–Trinajstić information content (AvgIpc) is 3.04. The molecule has 2 N–H and O–H groups in total. The Labute approximate surface area is 172 Å². The van der Waals surface area contributed by atoms with Gasteiger partial charge in [0.2, 0.25) is 0 Å². The second kappa shape index (κ2) is 7.92. The molecule has 3 amide bonds.